The van der Waals surface area contributed by atoms with Crippen molar-refractivity contribution in [2.75, 3.05) is 7.05 Å². The van der Waals surface area contributed by atoms with Gasteiger partial charge in [-0.05, 0) is 33.6 Å². The molecule has 0 aliphatic heterocycles. The Morgan fingerprint density at radius 2 is 1.95 bits per heavy atom. The van der Waals surface area contributed by atoms with Crippen molar-refractivity contribution in [1.82, 2.24) is 4.31 Å². The second-order valence-corrected chi connectivity index (χ2v) is 7.61. The number of benzene rings is 1. The van der Waals surface area contributed by atoms with Gasteiger partial charge in [-0.25, -0.2) is 8.42 Å². The molecule has 0 amide bonds. The lowest BCUT2D eigenvalue weighted by atomic mass is 10.2. The largest absolute Gasteiger partial charge is 0.452 e. The molecular weight excluding hydrogens is 380 g/mol. The van der Waals surface area contributed by atoms with Gasteiger partial charge >= 0.3 is 0 Å². The summed E-state index contributed by atoms with van der Waals surface area (Å²) in [5.74, 6) is 0.403. The van der Waals surface area contributed by atoms with Crippen molar-refractivity contribution in [3.05, 3.63) is 51.3 Å². The summed E-state index contributed by atoms with van der Waals surface area (Å²) in [6.07, 6.45) is 0. The van der Waals surface area contributed by atoms with Crippen molar-refractivity contribution >= 4 is 37.6 Å². The minimum absolute atomic E-state index is 0.0689. The van der Waals surface area contributed by atoms with Gasteiger partial charge < -0.3 is 10.2 Å². The topological polar surface area (TPSA) is 76.5 Å². The summed E-state index contributed by atoms with van der Waals surface area (Å²) in [4.78, 5) is 0.0689. The number of sulfonamides is 1. The first-order valence-electron chi connectivity index (χ1n) is 6.03. The highest BCUT2D eigenvalue weighted by Gasteiger charge is 2.26. The lowest BCUT2D eigenvalue weighted by Gasteiger charge is -2.16. The third kappa shape index (κ3) is 3.67. The SMILES string of the molecule is CN(Cc1ccc(Cl)cc1)S(=O)(=O)c1cc(CN)oc1Br. The minimum Gasteiger partial charge on any atom is -0.452 e. The minimum atomic E-state index is -3.66. The monoisotopic (exact) mass is 392 g/mol. The summed E-state index contributed by atoms with van der Waals surface area (Å²) in [6.45, 7) is 0.365. The molecule has 21 heavy (non-hydrogen) atoms. The zero-order valence-corrected chi connectivity index (χ0v) is 14.4. The van der Waals surface area contributed by atoms with Crippen LogP contribution in [0.1, 0.15) is 11.3 Å². The van der Waals surface area contributed by atoms with Gasteiger partial charge in [-0.3, -0.25) is 0 Å². The Morgan fingerprint density at radius 1 is 1.33 bits per heavy atom. The number of furan rings is 1. The van der Waals surface area contributed by atoms with E-state index >= 15 is 0 Å². The van der Waals surface area contributed by atoms with Gasteiger partial charge in [0.2, 0.25) is 10.0 Å². The van der Waals surface area contributed by atoms with Crippen molar-refractivity contribution in [1.29, 1.82) is 0 Å². The number of nitrogens with zero attached hydrogens (tertiary/aromatic N) is 1. The molecule has 114 valence electrons. The number of halogens is 2. The van der Waals surface area contributed by atoms with Crippen LogP contribution in [0.4, 0.5) is 0 Å². The van der Waals surface area contributed by atoms with Crippen molar-refractivity contribution in [2.24, 2.45) is 5.73 Å². The Bertz CT molecular complexity index is 728. The van der Waals surface area contributed by atoms with E-state index in [2.05, 4.69) is 15.9 Å². The summed E-state index contributed by atoms with van der Waals surface area (Å²) >= 11 is 8.92. The molecule has 1 aromatic heterocycles. The summed E-state index contributed by atoms with van der Waals surface area (Å²) in [7, 11) is -2.16. The number of rotatable bonds is 5. The molecule has 0 unspecified atom stereocenters. The summed E-state index contributed by atoms with van der Waals surface area (Å²) in [5, 5.41) is 0.606. The van der Waals surface area contributed by atoms with Gasteiger partial charge in [-0.15, -0.1) is 0 Å². The molecule has 0 radical (unpaired) electrons. The second-order valence-electron chi connectivity index (χ2n) is 4.44. The van der Waals surface area contributed by atoms with Crippen molar-refractivity contribution in [3.8, 4) is 0 Å². The van der Waals surface area contributed by atoms with Gasteiger partial charge in [0.15, 0.2) is 4.67 Å². The highest BCUT2D eigenvalue weighted by atomic mass is 79.9. The van der Waals surface area contributed by atoms with Crippen molar-refractivity contribution in [2.45, 2.75) is 18.0 Å². The zero-order chi connectivity index (χ0) is 15.6. The third-order valence-electron chi connectivity index (χ3n) is 2.91. The summed E-state index contributed by atoms with van der Waals surface area (Å²) in [5.41, 5.74) is 6.29. The Labute approximate surface area is 136 Å². The molecule has 0 atom stereocenters. The quantitative estimate of drug-likeness (QED) is 0.847. The van der Waals surface area contributed by atoms with Crippen LogP contribution in [0, 0.1) is 0 Å². The number of nitrogens with two attached hydrogens (primary N) is 1. The molecule has 0 aliphatic rings. The molecule has 1 heterocycles. The predicted molar refractivity (Wildman–Crippen MR) is 84.4 cm³/mol. The second kappa shape index (κ2) is 6.50. The first-order chi connectivity index (χ1) is 9.84. The number of hydrogen-bond donors (Lipinski definition) is 1. The average Bonchev–Trinajstić information content (AvgIpc) is 2.83. The fourth-order valence-electron chi connectivity index (χ4n) is 1.77. The van der Waals surface area contributed by atoms with Crippen LogP contribution >= 0.6 is 27.5 Å². The maximum Gasteiger partial charge on any atom is 0.247 e. The van der Waals surface area contributed by atoms with Gasteiger partial charge in [0.25, 0.3) is 0 Å². The Morgan fingerprint density at radius 3 is 2.48 bits per heavy atom. The molecule has 0 spiro atoms. The van der Waals surface area contributed by atoms with E-state index in [-0.39, 0.29) is 22.7 Å². The summed E-state index contributed by atoms with van der Waals surface area (Å²) < 4.78 is 31.7. The van der Waals surface area contributed by atoms with Gasteiger partial charge in [0.1, 0.15) is 10.7 Å². The molecule has 2 aromatic rings. The molecule has 0 aliphatic carbocycles. The van der Waals surface area contributed by atoms with Crippen LogP contribution < -0.4 is 5.73 Å². The fraction of sp³-hybridized carbons (Fsp3) is 0.231. The molecule has 8 heteroatoms. The summed E-state index contributed by atoms with van der Waals surface area (Å²) in [6, 6.07) is 8.43. The van der Waals surface area contributed by atoms with E-state index in [0.29, 0.717) is 10.8 Å². The maximum absolute atomic E-state index is 12.5. The van der Waals surface area contributed by atoms with Gasteiger partial charge in [0, 0.05) is 24.7 Å². The van der Waals surface area contributed by atoms with Crippen LogP contribution in [-0.2, 0) is 23.1 Å². The highest BCUT2D eigenvalue weighted by Crippen LogP contribution is 2.28. The smallest absolute Gasteiger partial charge is 0.247 e. The van der Waals surface area contributed by atoms with Gasteiger partial charge in [0.05, 0.1) is 6.54 Å². The predicted octanol–water partition coefficient (Wildman–Crippen LogP) is 2.97. The lowest BCUT2D eigenvalue weighted by molar-refractivity contribution is 0.458. The zero-order valence-electron chi connectivity index (χ0n) is 11.2. The fourth-order valence-corrected chi connectivity index (χ4v) is 4.02. The maximum atomic E-state index is 12.5. The van der Waals surface area contributed by atoms with Crippen LogP contribution in [0.2, 0.25) is 5.02 Å². The third-order valence-corrected chi connectivity index (χ3v) is 5.83. The first kappa shape index (κ1) is 16.5. The van der Waals surface area contributed by atoms with Crippen molar-refractivity contribution in [3.63, 3.8) is 0 Å². The first-order valence-corrected chi connectivity index (χ1v) is 8.64. The van der Waals surface area contributed by atoms with E-state index in [1.807, 2.05) is 0 Å². The molecule has 2 rings (SSSR count). The number of hydrogen-bond acceptors (Lipinski definition) is 4. The van der Waals surface area contributed by atoms with E-state index in [1.54, 1.807) is 24.3 Å². The molecule has 0 bridgehead atoms. The van der Waals surface area contributed by atoms with Gasteiger partial charge in [-0.2, -0.15) is 4.31 Å². The van der Waals surface area contributed by atoms with Crippen LogP contribution in [-0.4, -0.2) is 19.8 Å². The highest BCUT2D eigenvalue weighted by molar-refractivity contribution is 9.10. The normalized spacial score (nSPS) is 12.0. The Hall–Kier alpha value is -0.860. The molecule has 0 fully saturated rings. The van der Waals surface area contributed by atoms with Gasteiger partial charge in [-0.1, -0.05) is 23.7 Å². The Balaban J connectivity index is 2.25. The molecule has 2 N–H and O–H groups in total. The van der Waals surface area contributed by atoms with Crippen LogP contribution in [0.3, 0.4) is 0 Å². The molecule has 5 nitrogen and oxygen atoms in total. The van der Waals surface area contributed by atoms with Crippen LogP contribution in [0.5, 0.6) is 0 Å². The van der Waals surface area contributed by atoms with E-state index in [0.717, 1.165) is 5.56 Å². The van der Waals surface area contributed by atoms with E-state index in [1.165, 1.54) is 17.4 Å². The molecule has 0 saturated heterocycles. The van der Waals surface area contributed by atoms with Crippen LogP contribution in [0.15, 0.2) is 44.3 Å². The molecule has 1 aromatic carbocycles. The Kier molecular flexibility index (Phi) is 5.11. The molecule has 0 saturated carbocycles. The van der Waals surface area contributed by atoms with Crippen molar-refractivity contribution < 1.29 is 12.8 Å². The lowest BCUT2D eigenvalue weighted by Crippen LogP contribution is -2.26. The van der Waals surface area contributed by atoms with E-state index in [9.17, 15) is 8.42 Å². The van der Waals surface area contributed by atoms with E-state index in [4.69, 9.17) is 21.8 Å². The standard InChI is InChI=1S/C13H14BrClN2O3S/c1-17(8-9-2-4-10(15)5-3-9)21(18,19)12-6-11(7-16)20-13(12)14/h2-6H,7-8,16H2,1H3. The molecular formula is C13H14BrClN2O3S. The van der Waals surface area contributed by atoms with E-state index < -0.39 is 10.0 Å². The average molecular weight is 394 g/mol. The van der Waals surface area contributed by atoms with Crippen LogP contribution in [0.25, 0.3) is 0 Å².